The highest BCUT2D eigenvalue weighted by molar-refractivity contribution is 8.44. The van der Waals surface area contributed by atoms with E-state index < -0.39 is 75.9 Å². The molecular formula is C25H30N8O11P2S2. The van der Waals surface area contributed by atoms with E-state index in [2.05, 4.69) is 49.4 Å². The van der Waals surface area contributed by atoms with Gasteiger partial charge in [-0.3, -0.25) is 22.7 Å². The van der Waals surface area contributed by atoms with Gasteiger partial charge < -0.3 is 34.7 Å². The number of aliphatic hydroxyl groups excluding tert-OH is 2. The highest BCUT2D eigenvalue weighted by atomic mass is 32.7. The third-order valence-corrected chi connectivity index (χ3v) is 11.9. The second kappa shape index (κ2) is 12.1. The minimum atomic E-state index is -4.31. The minimum absolute atomic E-state index is 0.0591. The van der Waals surface area contributed by atoms with Crippen molar-refractivity contribution in [3.8, 4) is 5.88 Å². The summed E-state index contributed by atoms with van der Waals surface area (Å²) in [7, 11) is 0. The van der Waals surface area contributed by atoms with Crippen molar-refractivity contribution in [2.24, 2.45) is 0 Å². The van der Waals surface area contributed by atoms with Crippen molar-refractivity contribution < 1.29 is 51.6 Å². The van der Waals surface area contributed by atoms with Crippen LogP contribution in [0.4, 0.5) is 5.82 Å². The van der Waals surface area contributed by atoms with E-state index in [9.17, 15) is 19.3 Å². The van der Waals surface area contributed by atoms with E-state index in [1.807, 2.05) is 6.92 Å². The van der Waals surface area contributed by atoms with E-state index in [4.69, 9.17) is 38.0 Å². The van der Waals surface area contributed by atoms with Crippen molar-refractivity contribution in [1.82, 2.24) is 34.1 Å². The van der Waals surface area contributed by atoms with Crippen LogP contribution in [0.15, 0.2) is 25.2 Å². The van der Waals surface area contributed by atoms with Crippen molar-refractivity contribution in [3.63, 3.8) is 0 Å². The number of aliphatic hydroxyl groups is 2. The van der Waals surface area contributed by atoms with E-state index in [0.29, 0.717) is 23.3 Å². The quantitative estimate of drug-likeness (QED) is 0.146. The molecule has 4 aromatic rings. The molecule has 8 rings (SSSR count). The second-order valence-electron chi connectivity index (χ2n) is 11.8. The first kappa shape index (κ1) is 32.8. The molecule has 0 saturated carbocycles. The highest BCUT2D eigenvalue weighted by Crippen LogP contribution is 2.60. The van der Waals surface area contributed by atoms with Gasteiger partial charge in [-0.15, -0.1) is 0 Å². The third kappa shape index (κ3) is 5.72. The Balaban J connectivity index is 1.11. The lowest BCUT2D eigenvalue weighted by Crippen LogP contribution is -2.35. The molecule has 0 amide bonds. The zero-order valence-electron chi connectivity index (χ0n) is 24.9. The summed E-state index contributed by atoms with van der Waals surface area (Å²) in [5.74, 6) is 0.509. The number of aryl methyl sites for hydroxylation is 1. The van der Waals surface area contributed by atoms with Crippen molar-refractivity contribution in [2.75, 3.05) is 18.9 Å². The fourth-order valence-electron chi connectivity index (χ4n) is 6.38. The molecule has 4 aliphatic heterocycles. The summed E-state index contributed by atoms with van der Waals surface area (Å²) in [6, 6.07) is 0. The predicted octanol–water partition coefficient (Wildman–Crippen LogP) is 1.98. The van der Waals surface area contributed by atoms with Crippen LogP contribution < -0.4 is 10.5 Å². The zero-order valence-corrected chi connectivity index (χ0v) is 28.5. The van der Waals surface area contributed by atoms with Crippen molar-refractivity contribution in [1.29, 1.82) is 0 Å². The molecule has 0 spiro atoms. The molecule has 48 heavy (non-hydrogen) atoms. The summed E-state index contributed by atoms with van der Waals surface area (Å²) in [5.41, 5.74) is 7.74. The zero-order chi connectivity index (χ0) is 33.5. The predicted molar refractivity (Wildman–Crippen MR) is 170 cm³/mol. The molecule has 3 saturated heterocycles. The maximum atomic E-state index is 13.7. The number of nitrogen functional groups attached to an aromatic ring is 1. The van der Waals surface area contributed by atoms with Crippen molar-refractivity contribution in [3.05, 3.63) is 30.7 Å². The topological polar surface area (TPSA) is 240 Å². The van der Waals surface area contributed by atoms with Crippen LogP contribution in [-0.2, 0) is 43.1 Å². The Kier molecular flexibility index (Phi) is 8.29. The van der Waals surface area contributed by atoms with E-state index in [1.165, 1.54) is 23.5 Å². The number of imidazole rings is 1. The molecule has 4 aromatic heterocycles. The number of nitrogens with two attached hydrogens (primary N) is 1. The van der Waals surface area contributed by atoms with E-state index >= 15 is 0 Å². The van der Waals surface area contributed by atoms with E-state index in [-0.39, 0.29) is 23.1 Å². The van der Waals surface area contributed by atoms with Crippen molar-refractivity contribution in [2.45, 2.75) is 74.9 Å². The van der Waals surface area contributed by atoms with Gasteiger partial charge in [-0.2, -0.15) is 0 Å². The van der Waals surface area contributed by atoms with Gasteiger partial charge in [-0.25, -0.2) is 34.0 Å². The largest absolute Gasteiger partial charge is 0.474 e. The Hall–Kier alpha value is -2.39. The smallest absolute Gasteiger partial charge is 0.386 e. The summed E-state index contributed by atoms with van der Waals surface area (Å²) in [6.07, 6.45) is -3.40. The number of ether oxygens (including phenoxy) is 3. The lowest BCUT2D eigenvalue weighted by atomic mass is 10.1. The molecule has 2 bridgehead atoms. The van der Waals surface area contributed by atoms with Gasteiger partial charge in [-0.1, -0.05) is 24.5 Å². The summed E-state index contributed by atoms with van der Waals surface area (Å²) in [4.78, 5) is 21.0. The maximum Gasteiger partial charge on any atom is 0.386 e. The van der Waals surface area contributed by atoms with Crippen LogP contribution >= 0.6 is 38.1 Å². The van der Waals surface area contributed by atoms with Crippen LogP contribution in [0.2, 0.25) is 0 Å². The van der Waals surface area contributed by atoms with Crippen molar-refractivity contribution >= 4 is 66.1 Å². The third-order valence-electron chi connectivity index (χ3n) is 8.66. The summed E-state index contributed by atoms with van der Waals surface area (Å²) in [6.45, 7) is -7.68. The monoisotopic (exact) mass is 744 g/mol. The van der Waals surface area contributed by atoms with Gasteiger partial charge in [-0.05, 0) is 25.3 Å². The number of nitrogens with zero attached hydrogens (tertiary/aromatic N) is 7. The molecule has 4 N–H and O–H groups in total. The fourth-order valence-corrected chi connectivity index (χ4v) is 9.33. The summed E-state index contributed by atoms with van der Waals surface area (Å²) < 4.78 is 71.3. The van der Waals surface area contributed by atoms with Gasteiger partial charge in [0, 0.05) is 6.20 Å². The number of aromatic nitrogens is 7. The molecular weight excluding hydrogens is 714 g/mol. The summed E-state index contributed by atoms with van der Waals surface area (Å²) >= 11 is 8.30. The Bertz CT molecular complexity index is 1990. The maximum absolute atomic E-state index is 13.7. The van der Waals surface area contributed by atoms with Crippen LogP contribution in [0.25, 0.3) is 22.2 Å². The van der Waals surface area contributed by atoms with Crippen LogP contribution in [-0.4, -0.2) is 100 Å². The molecule has 2 unspecified atom stereocenters. The van der Waals surface area contributed by atoms with E-state index in [0.717, 1.165) is 12.0 Å². The van der Waals surface area contributed by atoms with Gasteiger partial charge >= 0.3 is 13.6 Å². The van der Waals surface area contributed by atoms with Crippen LogP contribution in [0, 0.1) is 0 Å². The minimum Gasteiger partial charge on any atom is -0.474 e. The molecule has 0 radical (unpaired) electrons. The lowest BCUT2D eigenvalue weighted by Gasteiger charge is -2.26. The first-order chi connectivity index (χ1) is 22.9. The molecule has 258 valence electrons. The second-order valence-corrected chi connectivity index (χ2v) is 17.5. The molecule has 0 aliphatic carbocycles. The average Bonchev–Trinajstić information content (AvgIpc) is 3.75. The van der Waals surface area contributed by atoms with Gasteiger partial charge in [0.2, 0.25) is 5.88 Å². The summed E-state index contributed by atoms with van der Waals surface area (Å²) in [5, 5.41) is 23.4. The molecule has 11 atom stereocenters. The first-order valence-corrected chi connectivity index (χ1v) is 20.2. The molecule has 0 aromatic carbocycles. The normalized spacial score (nSPS) is 38.9. The first-order valence-electron chi connectivity index (χ1n) is 14.8. The number of hydrogen-bond donors (Lipinski definition) is 5. The SMILES string of the molecule is C[C@H]1CCc2cn([C@@H]3O[C@@H]4COP(=O)(S)O[C@@H]5[C@H](O)[C@@H](COP(=O)(S)O[C@H]4[C@H]3O)O[C@H]5n3cnc4c(N)ncnc43)c3ncnc(c23)O1. The van der Waals surface area contributed by atoms with Crippen LogP contribution in [0.1, 0.15) is 31.4 Å². The fraction of sp³-hybridized carbons (Fsp3) is 0.560. The molecule has 19 nitrogen and oxygen atoms in total. The average molecular weight is 745 g/mol. The number of anilines is 1. The number of fused-ring (bicyclic) bond motifs is 4. The number of thiol groups is 2. The van der Waals surface area contributed by atoms with Crippen LogP contribution in [0.5, 0.6) is 5.88 Å². The van der Waals surface area contributed by atoms with Gasteiger partial charge in [0.1, 0.15) is 60.4 Å². The van der Waals surface area contributed by atoms with Gasteiger partial charge in [0.15, 0.2) is 23.9 Å². The van der Waals surface area contributed by atoms with Gasteiger partial charge in [0.25, 0.3) is 0 Å². The highest BCUT2D eigenvalue weighted by Gasteiger charge is 2.53. The molecule has 8 heterocycles. The van der Waals surface area contributed by atoms with Gasteiger partial charge in [0.05, 0.1) is 31.0 Å². The standard InChI is InChI=1S/C25H30N8O11P2S2/c1-10-2-3-11-4-32(21-14(11)23(40-10)30-8-28-21)24-17(35)18-13(42-24)6-39-46(37,48)44-19-16(34)12(5-38-45(36,47)43-18)41-25(19)33-9-31-15-20(26)27-7-29-22(15)33/h4,7-10,12-13,16-19,24-25,34-35H,2-3,5-6H2,1H3,(H,36,47)(H,37,48)(H2,26,27,29)/t10-,12+,13+,16+,17+,18+,19+,24+,25+,45?,46?/m0/s1. The number of rotatable bonds is 2. The molecule has 3 fully saturated rings. The Morgan fingerprint density at radius 3 is 2.35 bits per heavy atom. The number of hydrogen-bond acceptors (Lipinski definition) is 17. The molecule has 23 heteroatoms. The Morgan fingerprint density at radius 2 is 1.56 bits per heavy atom. The Labute approximate surface area is 281 Å². The van der Waals surface area contributed by atoms with Crippen LogP contribution in [0.3, 0.4) is 0 Å². The van der Waals surface area contributed by atoms with E-state index in [1.54, 1.807) is 10.8 Å². The Morgan fingerprint density at radius 1 is 0.875 bits per heavy atom. The lowest BCUT2D eigenvalue weighted by molar-refractivity contribution is -0.0574. The molecule has 4 aliphatic rings.